The summed E-state index contributed by atoms with van der Waals surface area (Å²) in [6.45, 7) is 6.84. The number of hydrogen-bond donors (Lipinski definition) is 3. The molecule has 15 heteroatoms. The van der Waals surface area contributed by atoms with Gasteiger partial charge in [0.2, 0.25) is 5.91 Å². The fourth-order valence-corrected chi connectivity index (χ4v) is 4.05. The summed E-state index contributed by atoms with van der Waals surface area (Å²) in [6, 6.07) is 5.41. The number of carbonyl (C=O) groups is 6. The molecule has 0 bridgehead atoms. The Balaban J connectivity index is 1.71. The Labute approximate surface area is 273 Å². The minimum absolute atomic E-state index is 0.0526. The molecule has 1 atom stereocenters. The second-order valence-corrected chi connectivity index (χ2v) is 11.4. The highest BCUT2D eigenvalue weighted by Crippen LogP contribution is 2.14. The number of carboxylic acid groups (broad SMARTS) is 1. The highest BCUT2D eigenvalue weighted by Gasteiger charge is 2.27. The predicted molar refractivity (Wildman–Crippen MR) is 166 cm³/mol. The first kappa shape index (κ1) is 38.8. The van der Waals surface area contributed by atoms with E-state index in [4.69, 9.17) is 28.8 Å². The summed E-state index contributed by atoms with van der Waals surface area (Å²) in [7, 11) is 0. The summed E-state index contributed by atoms with van der Waals surface area (Å²) in [6.07, 6.45) is 3.42. The minimum atomic E-state index is -0.989. The number of nitrogens with zero attached hydrogens (tertiary/aromatic N) is 1. The summed E-state index contributed by atoms with van der Waals surface area (Å²) in [4.78, 5) is 73.2. The van der Waals surface area contributed by atoms with Crippen molar-refractivity contribution in [2.45, 2.75) is 58.1 Å². The number of ether oxygens (including phenoxy) is 5. The van der Waals surface area contributed by atoms with E-state index in [1.807, 2.05) is 0 Å². The lowest BCUT2D eigenvalue weighted by Crippen LogP contribution is -2.47. The van der Waals surface area contributed by atoms with Crippen LogP contribution in [0.25, 0.3) is 0 Å². The summed E-state index contributed by atoms with van der Waals surface area (Å²) in [5.41, 5.74) is -0.524. The molecule has 1 heterocycles. The number of rotatable bonds is 23. The number of carboxylic acids is 1. The number of benzene rings is 1. The third kappa shape index (κ3) is 16.7. The van der Waals surface area contributed by atoms with Crippen LogP contribution >= 0.6 is 0 Å². The molecule has 0 aromatic heterocycles. The fourth-order valence-electron chi connectivity index (χ4n) is 4.05. The van der Waals surface area contributed by atoms with Crippen molar-refractivity contribution in [2.24, 2.45) is 0 Å². The van der Waals surface area contributed by atoms with Crippen molar-refractivity contribution in [1.29, 1.82) is 0 Å². The lowest BCUT2D eigenvalue weighted by atomic mass is 10.1. The van der Waals surface area contributed by atoms with Crippen LogP contribution in [0, 0.1) is 0 Å². The molecular formula is C32H45N3O12. The van der Waals surface area contributed by atoms with Gasteiger partial charge in [0.15, 0.2) is 0 Å². The molecule has 1 aromatic carbocycles. The predicted octanol–water partition coefficient (Wildman–Crippen LogP) is 1.24. The number of amides is 4. The number of nitrogens with one attached hydrogen (secondary N) is 2. The molecule has 0 saturated heterocycles. The zero-order chi connectivity index (χ0) is 34.7. The van der Waals surface area contributed by atoms with Gasteiger partial charge in [0.25, 0.3) is 17.7 Å². The zero-order valence-corrected chi connectivity index (χ0v) is 27.1. The van der Waals surface area contributed by atoms with Gasteiger partial charge >= 0.3 is 11.9 Å². The maximum atomic E-state index is 12.8. The number of carbonyl (C=O) groups excluding carboxylic acids is 5. The summed E-state index contributed by atoms with van der Waals surface area (Å²) in [5.74, 6) is -3.01. The van der Waals surface area contributed by atoms with Crippen LogP contribution < -0.4 is 15.4 Å². The third-order valence-electron chi connectivity index (χ3n) is 6.26. The Kier molecular flexibility index (Phi) is 17.1. The van der Waals surface area contributed by atoms with E-state index in [0.29, 0.717) is 45.0 Å². The van der Waals surface area contributed by atoms with E-state index < -0.39 is 41.9 Å². The highest BCUT2D eigenvalue weighted by molar-refractivity contribution is 6.12. The normalized spacial score (nSPS) is 13.4. The third-order valence-corrected chi connectivity index (χ3v) is 6.26. The van der Waals surface area contributed by atoms with E-state index in [-0.39, 0.29) is 56.6 Å². The first-order valence-electron chi connectivity index (χ1n) is 15.4. The Morgan fingerprint density at radius 2 is 1.49 bits per heavy atom. The van der Waals surface area contributed by atoms with Crippen LogP contribution in [-0.4, -0.2) is 117 Å². The van der Waals surface area contributed by atoms with Gasteiger partial charge in [0.05, 0.1) is 52.6 Å². The van der Waals surface area contributed by atoms with Crippen molar-refractivity contribution < 1.29 is 57.6 Å². The maximum absolute atomic E-state index is 12.8. The van der Waals surface area contributed by atoms with Crippen molar-refractivity contribution in [1.82, 2.24) is 15.5 Å². The first-order valence-corrected chi connectivity index (χ1v) is 15.4. The summed E-state index contributed by atoms with van der Waals surface area (Å²) >= 11 is 0. The smallest absolute Gasteiger partial charge is 0.329 e. The van der Waals surface area contributed by atoms with Gasteiger partial charge in [-0.05, 0) is 58.2 Å². The van der Waals surface area contributed by atoms with Gasteiger partial charge in [0.1, 0.15) is 24.0 Å². The van der Waals surface area contributed by atoms with E-state index in [9.17, 15) is 28.8 Å². The molecule has 1 aliphatic heterocycles. The molecule has 260 valence electrons. The van der Waals surface area contributed by atoms with Crippen LogP contribution in [0.3, 0.4) is 0 Å². The van der Waals surface area contributed by atoms with Crippen LogP contribution in [0.5, 0.6) is 5.75 Å². The largest absolute Gasteiger partial charge is 0.491 e. The summed E-state index contributed by atoms with van der Waals surface area (Å²) < 4.78 is 27.0. The molecule has 0 fully saturated rings. The lowest BCUT2D eigenvalue weighted by molar-refractivity contribution is -0.159. The number of esters is 1. The van der Waals surface area contributed by atoms with Crippen LogP contribution in [0.15, 0.2) is 36.4 Å². The van der Waals surface area contributed by atoms with Crippen LogP contribution in [-0.2, 0) is 42.9 Å². The first-order chi connectivity index (χ1) is 22.4. The molecule has 0 aliphatic carbocycles. The van der Waals surface area contributed by atoms with Crippen molar-refractivity contribution >= 4 is 35.6 Å². The number of unbranched alkanes of at least 4 members (excludes halogenated alkanes) is 1. The Morgan fingerprint density at radius 1 is 0.872 bits per heavy atom. The Bertz CT molecular complexity index is 1230. The molecule has 0 saturated carbocycles. The van der Waals surface area contributed by atoms with E-state index >= 15 is 0 Å². The van der Waals surface area contributed by atoms with Gasteiger partial charge in [0, 0.05) is 24.3 Å². The molecule has 1 aromatic rings. The molecule has 2 rings (SSSR count). The van der Waals surface area contributed by atoms with E-state index in [1.54, 1.807) is 39.0 Å². The molecule has 3 N–H and O–H groups in total. The molecule has 0 spiro atoms. The molecule has 1 aliphatic rings. The second kappa shape index (κ2) is 20.7. The van der Waals surface area contributed by atoms with Crippen molar-refractivity contribution in [3.05, 3.63) is 42.0 Å². The molecule has 15 nitrogen and oxygen atoms in total. The van der Waals surface area contributed by atoms with Crippen LogP contribution in [0.2, 0.25) is 0 Å². The van der Waals surface area contributed by atoms with Crippen LogP contribution in [0.4, 0.5) is 0 Å². The van der Waals surface area contributed by atoms with Crippen molar-refractivity contribution in [3.8, 4) is 5.75 Å². The maximum Gasteiger partial charge on any atom is 0.329 e. The van der Waals surface area contributed by atoms with E-state index in [2.05, 4.69) is 10.6 Å². The van der Waals surface area contributed by atoms with E-state index in [1.165, 1.54) is 18.2 Å². The molecule has 47 heavy (non-hydrogen) atoms. The average Bonchev–Trinajstić information content (AvgIpc) is 3.33. The lowest BCUT2D eigenvalue weighted by Gasteiger charge is -2.25. The quantitative estimate of drug-likeness (QED) is 0.0862. The minimum Gasteiger partial charge on any atom is -0.491 e. The van der Waals surface area contributed by atoms with Gasteiger partial charge in [-0.3, -0.25) is 28.9 Å². The zero-order valence-electron chi connectivity index (χ0n) is 27.1. The topological polar surface area (TPSA) is 196 Å². The van der Waals surface area contributed by atoms with E-state index in [0.717, 1.165) is 4.90 Å². The van der Waals surface area contributed by atoms with Crippen molar-refractivity contribution in [3.63, 3.8) is 0 Å². The molecule has 0 radical (unpaired) electrons. The second-order valence-electron chi connectivity index (χ2n) is 11.4. The fraction of sp³-hybridized carbons (Fsp3) is 0.562. The van der Waals surface area contributed by atoms with Gasteiger partial charge in [-0.2, -0.15) is 0 Å². The number of aliphatic carboxylic acids is 1. The SMILES string of the molecule is CC(C)(C)OC(=O)C(CCCCN1C(=O)C=CC1=O)NC(=O)CNC(=O)c1cccc(OCCOCCOCCOCCC(=O)O)c1. The number of hydrogen-bond acceptors (Lipinski definition) is 11. The van der Waals surface area contributed by atoms with Gasteiger partial charge in [-0.1, -0.05) is 6.07 Å². The summed E-state index contributed by atoms with van der Waals surface area (Å²) in [5, 5.41) is 13.7. The van der Waals surface area contributed by atoms with Gasteiger partial charge in [-0.25, -0.2) is 4.79 Å². The standard InChI is InChI=1S/C32H45N3O12/c1-32(2,3)47-31(42)25(9-4-5-13-35-27(37)10-11-28(35)38)34-26(36)22-33-30(41)23-7-6-8-24(21-23)46-20-19-45-18-17-44-16-15-43-14-12-29(39)40/h6-8,10-11,21,25H,4-5,9,12-20,22H2,1-3H3,(H,33,41)(H,34,36)(H,39,40). The van der Waals surface area contributed by atoms with Crippen LogP contribution in [0.1, 0.15) is 56.8 Å². The average molecular weight is 664 g/mol. The Morgan fingerprint density at radius 3 is 2.11 bits per heavy atom. The van der Waals surface area contributed by atoms with Gasteiger partial charge < -0.3 is 39.4 Å². The highest BCUT2D eigenvalue weighted by atomic mass is 16.6. The molecule has 1 unspecified atom stereocenters. The monoisotopic (exact) mass is 663 g/mol. The van der Waals surface area contributed by atoms with Gasteiger partial charge in [-0.15, -0.1) is 0 Å². The van der Waals surface area contributed by atoms with Crippen molar-refractivity contribution in [2.75, 3.05) is 59.3 Å². The molecular weight excluding hydrogens is 618 g/mol. The Hall–Kier alpha value is -4.34. The number of imide groups is 1. The molecule has 4 amide bonds.